The quantitative estimate of drug-likeness (QED) is 0.534. The Labute approximate surface area is 206 Å². The Balaban J connectivity index is 1.64. The summed E-state index contributed by atoms with van der Waals surface area (Å²) in [5.74, 6) is 0.878. The largest absolute Gasteiger partial charge is 0.488 e. The molecule has 2 aliphatic rings. The van der Waals surface area contributed by atoms with Crippen LogP contribution in [0.25, 0.3) is 0 Å². The molecule has 2 N–H and O–H groups in total. The third kappa shape index (κ3) is 5.96. The zero-order valence-corrected chi connectivity index (χ0v) is 21.5. The van der Waals surface area contributed by atoms with E-state index in [-0.39, 0.29) is 40.8 Å². The Hall–Kier alpha value is -2.63. The molecule has 1 aromatic heterocycles. The van der Waals surface area contributed by atoms with Crippen LogP contribution in [0.4, 0.5) is 5.69 Å². The number of benzene rings is 1. The van der Waals surface area contributed by atoms with E-state index in [4.69, 9.17) is 4.74 Å². The number of imidazole rings is 1. The van der Waals surface area contributed by atoms with E-state index in [2.05, 4.69) is 28.6 Å². The molecule has 0 saturated heterocycles. The highest BCUT2D eigenvalue weighted by atomic mass is 32.2. The third-order valence-electron chi connectivity index (χ3n) is 6.63. The number of carbonyl (C=O) groups is 1. The van der Waals surface area contributed by atoms with Crippen LogP contribution in [0, 0.1) is 11.8 Å². The van der Waals surface area contributed by atoms with Gasteiger partial charge >= 0.3 is 0 Å². The monoisotopic (exact) mass is 505 g/mol. The van der Waals surface area contributed by atoms with Crippen molar-refractivity contribution >= 4 is 21.6 Å². The molecule has 1 aromatic carbocycles. The summed E-state index contributed by atoms with van der Waals surface area (Å²) >= 11 is 0. The van der Waals surface area contributed by atoms with E-state index in [0.717, 1.165) is 12.5 Å². The van der Waals surface area contributed by atoms with Gasteiger partial charge in [-0.3, -0.25) is 9.52 Å². The van der Waals surface area contributed by atoms with Gasteiger partial charge in [-0.15, -0.1) is 0 Å². The standard InChI is InChI=1S/C24H35N5O5S/c1-16-10-29(17(2)14-30)24(31)20-9-19(26-35(32,33)23-13-28(4)15-25-23)7-8-21(20)34-22(16)12-27(3)11-18-5-6-18/h7-9,13,15-18,22,26,30H,5-6,10-12,14H2,1-4H3/t16-,17+,22+/m1/s1. The smallest absolute Gasteiger partial charge is 0.280 e. The number of aliphatic hydroxyl groups excluding tert-OH is 1. The molecule has 192 valence electrons. The van der Waals surface area contributed by atoms with Gasteiger partial charge in [-0.2, -0.15) is 8.42 Å². The van der Waals surface area contributed by atoms with Crippen molar-refractivity contribution in [2.45, 2.75) is 43.9 Å². The molecule has 4 rings (SSSR count). The fourth-order valence-corrected chi connectivity index (χ4v) is 5.39. The van der Waals surface area contributed by atoms with Crippen LogP contribution in [-0.4, -0.2) is 84.2 Å². The highest BCUT2D eigenvalue weighted by Crippen LogP contribution is 2.32. The number of fused-ring (bicyclic) bond motifs is 1. The predicted molar refractivity (Wildman–Crippen MR) is 132 cm³/mol. The Morgan fingerprint density at radius 3 is 2.69 bits per heavy atom. The van der Waals surface area contributed by atoms with Crippen LogP contribution >= 0.6 is 0 Å². The van der Waals surface area contributed by atoms with E-state index in [1.807, 2.05) is 0 Å². The van der Waals surface area contributed by atoms with Gasteiger partial charge in [0, 0.05) is 44.5 Å². The minimum atomic E-state index is -3.92. The molecule has 1 amide bonds. The molecule has 1 aliphatic heterocycles. The summed E-state index contributed by atoms with van der Waals surface area (Å²) in [6.45, 7) is 5.83. The molecule has 0 bridgehead atoms. The summed E-state index contributed by atoms with van der Waals surface area (Å²) in [6, 6.07) is 4.33. The average Bonchev–Trinajstić information content (AvgIpc) is 3.50. The first kappa shape index (κ1) is 25.5. The van der Waals surface area contributed by atoms with Crippen molar-refractivity contribution in [3.63, 3.8) is 0 Å². The van der Waals surface area contributed by atoms with Crippen molar-refractivity contribution in [3.05, 3.63) is 36.3 Å². The van der Waals surface area contributed by atoms with Crippen molar-refractivity contribution in [3.8, 4) is 5.75 Å². The molecule has 1 aliphatic carbocycles. The zero-order valence-electron chi connectivity index (χ0n) is 20.7. The Kier molecular flexibility index (Phi) is 7.39. The Morgan fingerprint density at radius 1 is 1.31 bits per heavy atom. The minimum Gasteiger partial charge on any atom is -0.488 e. The van der Waals surface area contributed by atoms with E-state index >= 15 is 0 Å². The lowest BCUT2D eigenvalue weighted by Crippen LogP contribution is -2.50. The number of aliphatic hydroxyl groups is 1. The van der Waals surface area contributed by atoms with E-state index in [9.17, 15) is 18.3 Å². The number of ether oxygens (including phenoxy) is 1. The molecule has 11 heteroatoms. The molecule has 35 heavy (non-hydrogen) atoms. The number of likely N-dealkylation sites (N-methyl/N-ethyl adjacent to an activating group) is 1. The average molecular weight is 506 g/mol. The van der Waals surface area contributed by atoms with Crippen molar-refractivity contribution in [1.82, 2.24) is 19.4 Å². The van der Waals surface area contributed by atoms with Gasteiger partial charge in [0.05, 0.1) is 24.5 Å². The van der Waals surface area contributed by atoms with Gasteiger partial charge in [0.15, 0.2) is 5.03 Å². The highest BCUT2D eigenvalue weighted by Gasteiger charge is 2.34. The molecular formula is C24H35N5O5S. The molecule has 3 atom stereocenters. The van der Waals surface area contributed by atoms with Gasteiger partial charge in [0.1, 0.15) is 11.9 Å². The third-order valence-corrected chi connectivity index (χ3v) is 7.90. The normalized spacial score (nSPS) is 21.8. The van der Waals surface area contributed by atoms with Crippen LogP contribution in [0.1, 0.15) is 37.0 Å². The molecule has 0 spiro atoms. The lowest BCUT2D eigenvalue weighted by Gasteiger charge is -2.38. The number of hydrogen-bond donors (Lipinski definition) is 2. The predicted octanol–water partition coefficient (Wildman–Crippen LogP) is 1.78. The number of nitrogens with zero attached hydrogens (tertiary/aromatic N) is 4. The molecule has 10 nitrogen and oxygen atoms in total. The first-order valence-electron chi connectivity index (χ1n) is 12.0. The van der Waals surface area contributed by atoms with E-state index in [0.29, 0.717) is 18.8 Å². The topological polar surface area (TPSA) is 117 Å². The fourth-order valence-electron chi connectivity index (χ4n) is 4.36. The van der Waals surface area contributed by atoms with Gasteiger partial charge < -0.3 is 24.2 Å². The van der Waals surface area contributed by atoms with Crippen LogP contribution < -0.4 is 9.46 Å². The number of sulfonamides is 1. The molecule has 0 radical (unpaired) electrons. The lowest BCUT2D eigenvalue weighted by atomic mass is 9.99. The molecular weight excluding hydrogens is 470 g/mol. The van der Waals surface area contributed by atoms with Crippen molar-refractivity contribution in [1.29, 1.82) is 0 Å². The summed E-state index contributed by atoms with van der Waals surface area (Å²) < 4.78 is 36.0. The van der Waals surface area contributed by atoms with Crippen LogP contribution in [0.2, 0.25) is 0 Å². The SMILES string of the molecule is C[C@@H]1CN([C@@H](C)CO)C(=O)c2cc(NS(=O)(=O)c3cn(C)cn3)ccc2O[C@H]1CN(C)CC1CC1. The number of amides is 1. The number of hydrogen-bond acceptors (Lipinski definition) is 7. The number of rotatable bonds is 9. The highest BCUT2D eigenvalue weighted by molar-refractivity contribution is 7.92. The van der Waals surface area contributed by atoms with Crippen molar-refractivity contribution in [2.75, 3.05) is 38.0 Å². The van der Waals surface area contributed by atoms with Gasteiger partial charge in [0.2, 0.25) is 0 Å². The van der Waals surface area contributed by atoms with Gasteiger partial charge in [0.25, 0.3) is 15.9 Å². The summed E-state index contributed by atoms with van der Waals surface area (Å²) in [4.78, 5) is 21.4. The molecule has 0 unspecified atom stereocenters. The second kappa shape index (κ2) is 10.2. The Bertz CT molecular complexity index is 1160. The molecule has 1 fully saturated rings. The van der Waals surface area contributed by atoms with Gasteiger partial charge in [-0.05, 0) is 50.9 Å². The zero-order chi connectivity index (χ0) is 25.3. The van der Waals surface area contributed by atoms with Gasteiger partial charge in [-0.1, -0.05) is 6.92 Å². The number of aryl methyl sites for hydroxylation is 1. The maximum Gasteiger partial charge on any atom is 0.280 e. The fraction of sp³-hybridized carbons (Fsp3) is 0.583. The number of anilines is 1. The van der Waals surface area contributed by atoms with Crippen LogP contribution in [0.15, 0.2) is 35.7 Å². The maximum atomic E-state index is 13.5. The summed E-state index contributed by atoms with van der Waals surface area (Å²) in [5, 5.41) is 9.71. The second-order valence-electron chi connectivity index (χ2n) is 9.98. The van der Waals surface area contributed by atoms with Gasteiger partial charge in [-0.25, -0.2) is 4.98 Å². The van der Waals surface area contributed by atoms with E-state index in [1.165, 1.54) is 31.4 Å². The Morgan fingerprint density at radius 2 is 2.06 bits per heavy atom. The first-order chi connectivity index (χ1) is 16.6. The van der Waals surface area contributed by atoms with Crippen molar-refractivity contribution < 1.29 is 23.1 Å². The molecule has 2 aromatic rings. The van der Waals surface area contributed by atoms with E-state index < -0.39 is 16.1 Å². The first-order valence-corrected chi connectivity index (χ1v) is 13.5. The number of carbonyl (C=O) groups excluding carboxylic acids is 1. The van der Waals surface area contributed by atoms with Crippen LogP contribution in [0.3, 0.4) is 0 Å². The molecule has 1 saturated carbocycles. The van der Waals surface area contributed by atoms with Crippen LogP contribution in [0.5, 0.6) is 5.75 Å². The summed E-state index contributed by atoms with van der Waals surface area (Å²) in [5.41, 5.74) is 0.493. The molecule has 2 heterocycles. The lowest BCUT2D eigenvalue weighted by molar-refractivity contribution is 0.0344. The number of aromatic nitrogens is 2. The summed E-state index contributed by atoms with van der Waals surface area (Å²) in [7, 11) is -0.152. The van der Waals surface area contributed by atoms with Crippen LogP contribution in [-0.2, 0) is 17.1 Å². The number of nitrogens with one attached hydrogen (secondary N) is 1. The summed E-state index contributed by atoms with van der Waals surface area (Å²) in [6.07, 6.45) is 5.17. The second-order valence-corrected chi connectivity index (χ2v) is 11.6. The van der Waals surface area contributed by atoms with Crippen molar-refractivity contribution in [2.24, 2.45) is 18.9 Å². The van der Waals surface area contributed by atoms with E-state index in [1.54, 1.807) is 35.6 Å². The minimum absolute atomic E-state index is 0.0325. The maximum absolute atomic E-state index is 13.5.